The molecule has 0 radical (unpaired) electrons. The van der Waals surface area contributed by atoms with Gasteiger partial charge < -0.3 is 16.6 Å². The highest BCUT2D eigenvalue weighted by Crippen LogP contribution is 2.25. The molecule has 224 valence electrons. The van der Waals surface area contributed by atoms with Crippen molar-refractivity contribution >= 4 is 6.21 Å². The number of rotatable bonds is 6. The predicted molar refractivity (Wildman–Crippen MR) is 175 cm³/mol. The molecule has 0 aromatic rings. The predicted octanol–water partition coefficient (Wildman–Crippen LogP) is 11.1. The molecule has 0 amide bonds. The van der Waals surface area contributed by atoms with Crippen LogP contribution in [0.3, 0.4) is 0 Å². The molecule has 0 bridgehead atoms. The summed E-state index contributed by atoms with van der Waals surface area (Å²) in [6.45, 7) is 17.0. The number of nitrogens with one attached hydrogen (secondary N) is 1. The van der Waals surface area contributed by atoms with Gasteiger partial charge in [0.25, 0.3) is 0 Å². The molecule has 0 spiro atoms. The van der Waals surface area contributed by atoms with Gasteiger partial charge in [0.05, 0.1) is 0 Å². The summed E-state index contributed by atoms with van der Waals surface area (Å²) >= 11 is 0. The minimum Gasteiger partial charge on any atom is -0.412 e. The topological polar surface area (TPSA) is 81.4 Å². The van der Waals surface area contributed by atoms with Gasteiger partial charge in [-0.25, -0.2) is 4.39 Å². The number of halogens is 1. The molecule has 0 unspecified atom stereocenters. The third-order valence-electron chi connectivity index (χ3n) is 5.24. The Morgan fingerprint density at radius 3 is 1.73 bits per heavy atom. The Bertz CT molecular complexity index is 579. The number of nitrogens with two attached hydrogens (primary N) is 1. The minimum absolute atomic E-state index is 0. The van der Waals surface area contributed by atoms with Gasteiger partial charge in [-0.05, 0) is 63.5 Å². The zero-order chi connectivity index (χ0) is 25.9. The maximum absolute atomic E-state index is 12.0. The first-order chi connectivity index (χ1) is 15.9. The summed E-state index contributed by atoms with van der Waals surface area (Å²) < 4.78 is 12.0. The van der Waals surface area contributed by atoms with Crippen molar-refractivity contribution in [3.05, 3.63) is 59.0 Å². The van der Waals surface area contributed by atoms with E-state index in [1.165, 1.54) is 62.0 Å². The first-order valence-corrected chi connectivity index (χ1v) is 13.1. The van der Waals surface area contributed by atoms with E-state index in [1.807, 2.05) is 46.8 Å². The van der Waals surface area contributed by atoms with Gasteiger partial charge in [0, 0.05) is 13.0 Å². The van der Waals surface area contributed by atoms with Crippen molar-refractivity contribution in [3.63, 3.8) is 0 Å². The fraction of sp³-hybridized carbons (Fsp3) is 0.667. The summed E-state index contributed by atoms with van der Waals surface area (Å²) in [6, 6.07) is 0. The lowest BCUT2D eigenvalue weighted by molar-refractivity contribution is 0.349. The summed E-state index contributed by atoms with van der Waals surface area (Å²) in [4.78, 5) is 0. The Morgan fingerprint density at radius 2 is 1.51 bits per heavy atom. The normalized spacial score (nSPS) is 14.2. The van der Waals surface area contributed by atoms with Crippen LogP contribution < -0.4 is 5.73 Å². The Hall–Kier alpha value is -1.78. The lowest BCUT2D eigenvalue weighted by atomic mass is 9.88. The third-order valence-corrected chi connectivity index (χ3v) is 5.24. The average Bonchev–Trinajstić information content (AvgIpc) is 3.23. The molecule has 0 aliphatic heterocycles. The van der Waals surface area contributed by atoms with Gasteiger partial charge in [-0.3, -0.25) is 0 Å². The number of allylic oxidation sites excluding steroid dienone is 8. The Kier molecular flexibility index (Phi) is 57.9. The molecule has 2 aliphatic rings. The zero-order valence-electron chi connectivity index (χ0n) is 23.6. The van der Waals surface area contributed by atoms with Crippen molar-refractivity contribution < 1.29 is 9.87 Å². The van der Waals surface area contributed by atoms with Crippen molar-refractivity contribution in [2.75, 3.05) is 6.54 Å². The molecule has 5 N–H and O–H groups in total. The van der Waals surface area contributed by atoms with Crippen LogP contribution in [-0.4, -0.2) is 18.2 Å². The van der Waals surface area contributed by atoms with E-state index < -0.39 is 0 Å². The van der Waals surface area contributed by atoms with Gasteiger partial charge in [-0.2, -0.15) is 0 Å². The molecule has 0 aromatic carbocycles. The van der Waals surface area contributed by atoms with E-state index in [0.29, 0.717) is 13.0 Å². The Balaban J connectivity index is -0.0000000628. The fourth-order valence-corrected chi connectivity index (χ4v) is 3.28. The lowest BCUT2D eigenvalue weighted by Crippen LogP contribution is -2.03. The van der Waals surface area contributed by atoms with Crippen molar-refractivity contribution in [2.24, 2.45) is 11.7 Å². The molecule has 37 heavy (non-hydrogen) atoms. The van der Waals surface area contributed by atoms with Gasteiger partial charge in [0.15, 0.2) is 0 Å². The molecular formula is C33H69FN2O. The maximum Gasteiger partial charge on any atom is 0.104 e. The molecule has 1 fully saturated rings. The summed E-state index contributed by atoms with van der Waals surface area (Å²) in [7, 11) is 0. The van der Waals surface area contributed by atoms with E-state index in [2.05, 4.69) is 32.9 Å². The van der Waals surface area contributed by atoms with Gasteiger partial charge in [0.2, 0.25) is 0 Å². The molecule has 3 nitrogen and oxygen atoms in total. The lowest BCUT2D eigenvalue weighted by Gasteiger charge is -2.18. The van der Waals surface area contributed by atoms with Crippen molar-refractivity contribution in [2.45, 2.75) is 135 Å². The van der Waals surface area contributed by atoms with Crippen molar-refractivity contribution in [1.29, 1.82) is 5.41 Å². The summed E-state index contributed by atoms with van der Waals surface area (Å²) in [5.41, 5.74) is 9.10. The van der Waals surface area contributed by atoms with Crippen LogP contribution >= 0.6 is 0 Å². The summed E-state index contributed by atoms with van der Waals surface area (Å²) in [5.74, 6) is 1.07. The molecule has 4 heteroatoms. The van der Waals surface area contributed by atoms with Crippen molar-refractivity contribution in [3.8, 4) is 0 Å². The smallest absolute Gasteiger partial charge is 0.104 e. The van der Waals surface area contributed by atoms with E-state index in [1.54, 1.807) is 6.08 Å². The second-order valence-electron chi connectivity index (χ2n) is 8.12. The highest BCUT2D eigenvalue weighted by Gasteiger charge is 2.09. The van der Waals surface area contributed by atoms with Crippen LogP contribution in [0, 0.1) is 11.3 Å². The molecule has 0 saturated heterocycles. The van der Waals surface area contributed by atoms with Crippen LogP contribution in [0.5, 0.6) is 0 Å². The SMILES string of the molecule is C.C.C.CC.CC1=CC=C(F)C1.CCC1CCCCC1.CCCC=N.C\C=C/C(C)=C(/C=C\C)CN.O. The number of hydrogen-bond donors (Lipinski definition) is 2. The second kappa shape index (κ2) is 41.4. The highest BCUT2D eigenvalue weighted by molar-refractivity contribution is 5.52. The minimum atomic E-state index is -0.0162. The van der Waals surface area contributed by atoms with E-state index >= 15 is 0 Å². The molecule has 0 heterocycles. The largest absolute Gasteiger partial charge is 0.412 e. The van der Waals surface area contributed by atoms with E-state index in [-0.39, 0.29) is 33.6 Å². The van der Waals surface area contributed by atoms with E-state index in [0.717, 1.165) is 24.3 Å². The van der Waals surface area contributed by atoms with Crippen LogP contribution in [0.4, 0.5) is 4.39 Å². The van der Waals surface area contributed by atoms with Gasteiger partial charge in [-0.1, -0.05) is 131 Å². The van der Waals surface area contributed by atoms with Crippen LogP contribution in [0.2, 0.25) is 0 Å². The quantitative estimate of drug-likeness (QED) is 0.261. The fourth-order valence-electron chi connectivity index (χ4n) is 3.28. The highest BCUT2D eigenvalue weighted by atomic mass is 19.1. The first-order valence-electron chi connectivity index (χ1n) is 13.1. The molecule has 1 saturated carbocycles. The van der Waals surface area contributed by atoms with Crippen molar-refractivity contribution in [1.82, 2.24) is 0 Å². The van der Waals surface area contributed by atoms with Crippen LogP contribution in [0.15, 0.2) is 59.0 Å². The van der Waals surface area contributed by atoms with E-state index in [9.17, 15) is 4.39 Å². The number of unbranched alkanes of at least 4 members (excludes halogenated alkanes) is 1. The molecular weight excluding hydrogens is 459 g/mol. The van der Waals surface area contributed by atoms with Crippen LogP contribution in [-0.2, 0) is 0 Å². The standard InChI is InChI=1S/C10H17N.C8H16.C6H7F.C4H9N.C2H6.3CH4.H2O/c1-4-6-9(3)10(8-11)7-5-2;1-2-8-6-4-3-5-7-8;1-5-2-3-6(7)4-5;1-2-3-4-5;1-2;;;;/h4-7H,8,11H2,1-3H3;8H,2-7H2,1H3;2-3H,4H2,1H3;4-5H,2-3H2,1H3;1-2H3;3*1H4;1H2/b6-4-,7-5-,10-9-;;;;;;;;. The third kappa shape index (κ3) is 36.4. The molecule has 2 rings (SSSR count). The maximum atomic E-state index is 12.0. The van der Waals surface area contributed by atoms with Gasteiger partial charge in [-0.15, -0.1) is 0 Å². The Labute approximate surface area is 234 Å². The second-order valence-corrected chi connectivity index (χ2v) is 8.12. The number of hydrogen-bond acceptors (Lipinski definition) is 2. The zero-order valence-corrected chi connectivity index (χ0v) is 23.6. The monoisotopic (exact) mass is 529 g/mol. The summed E-state index contributed by atoms with van der Waals surface area (Å²) in [6.07, 6.45) is 24.4. The Morgan fingerprint density at radius 1 is 1.00 bits per heavy atom. The average molecular weight is 529 g/mol. The molecule has 2 aliphatic carbocycles. The molecule has 0 atom stereocenters. The van der Waals surface area contributed by atoms with Gasteiger partial charge in [0.1, 0.15) is 5.83 Å². The molecule has 0 aromatic heterocycles. The first kappa shape index (κ1) is 51.8. The van der Waals surface area contributed by atoms with Crippen LogP contribution in [0.25, 0.3) is 0 Å². The summed E-state index contributed by atoms with van der Waals surface area (Å²) in [5, 5.41) is 6.48. The van der Waals surface area contributed by atoms with E-state index in [4.69, 9.17) is 11.1 Å². The van der Waals surface area contributed by atoms with Crippen LogP contribution in [0.1, 0.15) is 135 Å². The van der Waals surface area contributed by atoms with Gasteiger partial charge >= 0.3 is 0 Å².